The molecule has 3 aromatic rings. The van der Waals surface area contributed by atoms with E-state index < -0.39 is 5.56 Å². The zero-order valence-corrected chi connectivity index (χ0v) is 19.2. The summed E-state index contributed by atoms with van der Waals surface area (Å²) >= 11 is 1.08. The third kappa shape index (κ3) is 5.37. The maximum Gasteiger partial charge on any atom is 0.270 e. The summed E-state index contributed by atoms with van der Waals surface area (Å²) in [6.07, 6.45) is 0. The van der Waals surface area contributed by atoms with E-state index in [2.05, 4.69) is 36.1 Å². The Hall–Kier alpha value is -3.57. The molecule has 0 radical (unpaired) electrons. The number of aromatic nitrogens is 2. The first kappa shape index (κ1) is 23.1. The molecule has 1 aromatic heterocycles. The van der Waals surface area contributed by atoms with Crippen LogP contribution in [0.2, 0.25) is 0 Å². The SMILES string of the molecule is COc1ccccc1NC(=O)CSc1nc(-c2ccc(C(C)(C)C)cc2)c(C#N)c(=O)[nH]1. The lowest BCUT2D eigenvalue weighted by molar-refractivity contribution is -0.113. The second-order valence-corrected chi connectivity index (χ2v) is 9.04. The van der Waals surface area contributed by atoms with Crippen molar-refractivity contribution in [1.29, 1.82) is 5.26 Å². The number of benzene rings is 2. The Labute approximate surface area is 190 Å². The second-order valence-electron chi connectivity index (χ2n) is 8.07. The number of methoxy groups -OCH3 is 1. The van der Waals surface area contributed by atoms with Gasteiger partial charge in [-0.3, -0.25) is 9.59 Å². The molecule has 0 aliphatic heterocycles. The molecule has 1 heterocycles. The molecule has 0 aliphatic rings. The van der Waals surface area contributed by atoms with Crippen LogP contribution < -0.4 is 15.6 Å². The molecule has 0 saturated heterocycles. The molecule has 164 valence electrons. The van der Waals surface area contributed by atoms with Crippen molar-refractivity contribution in [3.05, 3.63) is 70.0 Å². The van der Waals surface area contributed by atoms with Crippen LogP contribution in [0.5, 0.6) is 5.75 Å². The molecule has 0 unspecified atom stereocenters. The third-order valence-electron chi connectivity index (χ3n) is 4.75. The average Bonchev–Trinajstić information content (AvgIpc) is 2.77. The van der Waals surface area contributed by atoms with Crippen LogP contribution in [0.3, 0.4) is 0 Å². The lowest BCUT2D eigenvalue weighted by Gasteiger charge is -2.19. The minimum atomic E-state index is -0.537. The smallest absolute Gasteiger partial charge is 0.270 e. The van der Waals surface area contributed by atoms with Crippen LogP contribution >= 0.6 is 11.8 Å². The van der Waals surface area contributed by atoms with Gasteiger partial charge in [0.25, 0.3) is 5.56 Å². The first-order chi connectivity index (χ1) is 15.2. The van der Waals surface area contributed by atoms with Crippen molar-refractivity contribution in [2.45, 2.75) is 31.3 Å². The molecule has 7 nitrogen and oxygen atoms in total. The van der Waals surface area contributed by atoms with Gasteiger partial charge in [-0.2, -0.15) is 5.26 Å². The highest BCUT2D eigenvalue weighted by molar-refractivity contribution is 7.99. The van der Waals surface area contributed by atoms with Crippen LogP contribution in [0.25, 0.3) is 11.3 Å². The van der Waals surface area contributed by atoms with E-state index in [1.807, 2.05) is 36.4 Å². The van der Waals surface area contributed by atoms with Crippen molar-refractivity contribution in [1.82, 2.24) is 9.97 Å². The highest BCUT2D eigenvalue weighted by Gasteiger charge is 2.17. The standard InChI is InChI=1S/C24H24N4O3S/c1-24(2,3)16-11-9-15(10-12-16)21-17(13-25)22(30)28-23(27-21)32-14-20(29)26-18-7-5-6-8-19(18)31-4/h5-12H,14H2,1-4H3,(H,26,29)(H,27,28,30). The van der Waals surface area contributed by atoms with E-state index in [4.69, 9.17) is 4.74 Å². The summed E-state index contributed by atoms with van der Waals surface area (Å²) in [6, 6.07) is 16.7. The molecule has 0 spiro atoms. The summed E-state index contributed by atoms with van der Waals surface area (Å²) in [5, 5.41) is 12.5. The number of rotatable bonds is 6. The largest absolute Gasteiger partial charge is 0.495 e. The maximum absolute atomic E-state index is 12.5. The number of nitriles is 1. The van der Waals surface area contributed by atoms with Crippen molar-refractivity contribution >= 4 is 23.4 Å². The summed E-state index contributed by atoms with van der Waals surface area (Å²) < 4.78 is 5.23. The van der Waals surface area contributed by atoms with E-state index in [1.54, 1.807) is 18.2 Å². The van der Waals surface area contributed by atoms with Gasteiger partial charge in [-0.15, -0.1) is 0 Å². The fraction of sp³-hybridized carbons (Fsp3) is 0.250. The second kappa shape index (κ2) is 9.71. The minimum Gasteiger partial charge on any atom is -0.495 e. The van der Waals surface area contributed by atoms with Gasteiger partial charge in [0.2, 0.25) is 5.91 Å². The highest BCUT2D eigenvalue weighted by Crippen LogP contribution is 2.27. The summed E-state index contributed by atoms with van der Waals surface area (Å²) in [5.74, 6) is 0.300. The lowest BCUT2D eigenvalue weighted by atomic mass is 9.86. The van der Waals surface area contributed by atoms with Gasteiger partial charge in [0.1, 0.15) is 17.4 Å². The Morgan fingerprint density at radius 2 is 1.88 bits per heavy atom. The number of nitrogens with zero attached hydrogens (tertiary/aromatic N) is 2. The number of carbonyl (C=O) groups is 1. The van der Waals surface area contributed by atoms with Gasteiger partial charge in [0.05, 0.1) is 24.2 Å². The fourth-order valence-electron chi connectivity index (χ4n) is 3.03. The topological polar surface area (TPSA) is 108 Å². The Morgan fingerprint density at radius 1 is 1.19 bits per heavy atom. The van der Waals surface area contributed by atoms with Crippen molar-refractivity contribution < 1.29 is 9.53 Å². The number of anilines is 1. The number of thioether (sulfide) groups is 1. The van der Waals surface area contributed by atoms with E-state index in [1.165, 1.54) is 7.11 Å². The molecular weight excluding hydrogens is 424 g/mol. The van der Waals surface area contributed by atoms with Crippen LogP contribution in [0.4, 0.5) is 5.69 Å². The van der Waals surface area contributed by atoms with Gasteiger partial charge in [0.15, 0.2) is 5.16 Å². The molecule has 8 heteroatoms. The average molecular weight is 449 g/mol. The number of para-hydroxylation sites is 2. The number of ether oxygens (including phenoxy) is 1. The Kier molecular flexibility index (Phi) is 7.01. The number of amides is 1. The van der Waals surface area contributed by atoms with Gasteiger partial charge in [-0.1, -0.05) is 68.9 Å². The van der Waals surface area contributed by atoms with Crippen LogP contribution in [0.1, 0.15) is 31.9 Å². The van der Waals surface area contributed by atoms with E-state index in [9.17, 15) is 14.9 Å². The molecule has 2 N–H and O–H groups in total. The number of carbonyl (C=O) groups excluding carboxylic acids is 1. The molecule has 32 heavy (non-hydrogen) atoms. The van der Waals surface area contributed by atoms with E-state index in [-0.39, 0.29) is 27.8 Å². The van der Waals surface area contributed by atoms with Crippen molar-refractivity contribution in [3.63, 3.8) is 0 Å². The first-order valence-electron chi connectivity index (χ1n) is 9.94. The van der Waals surface area contributed by atoms with Gasteiger partial charge in [-0.25, -0.2) is 4.98 Å². The zero-order valence-electron chi connectivity index (χ0n) is 18.4. The van der Waals surface area contributed by atoms with Crippen molar-refractivity contribution in [3.8, 4) is 23.1 Å². The van der Waals surface area contributed by atoms with Crippen LogP contribution in [-0.4, -0.2) is 28.7 Å². The molecule has 1 amide bonds. The van der Waals surface area contributed by atoms with Crippen molar-refractivity contribution in [2.75, 3.05) is 18.2 Å². The van der Waals surface area contributed by atoms with Crippen molar-refractivity contribution in [2.24, 2.45) is 0 Å². The zero-order chi connectivity index (χ0) is 23.3. The van der Waals surface area contributed by atoms with Gasteiger partial charge in [-0.05, 0) is 23.1 Å². The summed E-state index contributed by atoms with van der Waals surface area (Å²) in [5.41, 5.74) is 2.04. The molecule has 0 aliphatic carbocycles. The number of H-pyrrole nitrogens is 1. The summed E-state index contributed by atoms with van der Waals surface area (Å²) in [6.45, 7) is 6.33. The fourth-order valence-corrected chi connectivity index (χ4v) is 3.69. The van der Waals surface area contributed by atoms with E-state index in [0.717, 1.165) is 17.3 Å². The monoisotopic (exact) mass is 448 g/mol. The third-order valence-corrected chi connectivity index (χ3v) is 5.63. The molecule has 3 rings (SSSR count). The van der Waals surface area contributed by atoms with E-state index in [0.29, 0.717) is 22.7 Å². The molecule has 0 atom stereocenters. The van der Waals surface area contributed by atoms with Crippen LogP contribution in [-0.2, 0) is 10.2 Å². The maximum atomic E-state index is 12.5. The van der Waals surface area contributed by atoms with Crippen LogP contribution in [0.15, 0.2) is 58.5 Å². The first-order valence-corrected chi connectivity index (χ1v) is 10.9. The lowest BCUT2D eigenvalue weighted by Crippen LogP contribution is -2.18. The number of aromatic amines is 1. The van der Waals surface area contributed by atoms with Gasteiger partial charge in [0, 0.05) is 5.56 Å². The predicted molar refractivity (Wildman–Crippen MR) is 126 cm³/mol. The number of nitrogens with one attached hydrogen (secondary N) is 2. The number of hydrogen-bond acceptors (Lipinski definition) is 6. The normalized spacial score (nSPS) is 11.0. The van der Waals surface area contributed by atoms with Crippen LogP contribution in [0, 0.1) is 11.3 Å². The molecule has 0 bridgehead atoms. The minimum absolute atomic E-state index is 0.0199. The Bertz CT molecular complexity index is 1220. The molecular formula is C24H24N4O3S. The van der Waals surface area contributed by atoms with Gasteiger partial charge < -0.3 is 15.0 Å². The molecule has 0 saturated carbocycles. The Morgan fingerprint density at radius 3 is 2.50 bits per heavy atom. The van der Waals surface area contributed by atoms with E-state index >= 15 is 0 Å². The highest BCUT2D eigenvalue weighted by atomic mass is 32.2. The predicted octanol–water partition coefficient (Wildman–Crippen LogP) is 4.35. The molecule has 2 aromatic carbocycles. The summed E-state index contributed by atoms with van der Waals surface area (Å²) in [4.78, 5) is 31.9. The summed E-state index contributed by atoms with van der Waals surface area (Å²) in [7, 11) is 1.53. The molecule has 0 fully saturated rings. The Balaban J connectivity index is 1.81. The van der Waals surface area contributed by atoms with Gasteiger partial charge >= 0.3 is 0 Å². The quantitative estimate of drug-likeness (QED) is 0.429. The number of hydrogen-bond donors (Lipinski definition) is 2.